The molecule has 0 spiro atoms. The number of hydrogen-bond acceptors (Lipinski definition) is 6. The van der Waals surface area contributed by atoms with Gasteiger partial charge in [-0.2, -0.15) is 0 Å². The summed E-state index contributed by atoms with van der Waals surface area (Å²) in [6.07, 6.45) is 1.00. The summed E-state index contributed by atoms with van der Waals surface area (Å²) >= 11 is 7.65. The van der Waals surface area contributed by atoms with Gasteiger partial charge in [0, 0.05) is 34.3 Å². The summed E-state index contributed by atoms with van der Waals surface area (Å²) in [4.78, 5) is 33.2. The Morgan fingerprint density at radius 2 is 1.58 bits per heavy atom. The fourth-order valence-corrected chi connectivity index (χ4v) is 5.68. The van der Waals surface area contributed by atoms with Gasteiger partial charge < -0.3 is 20.3 Å². The molecule has 194 valence electrons. The van der Waals surface area contributed by atoms with Crippen LogP contribution in [0.3, 0.4) is 0 Å². The molecule has 0 aromatic heterocycles. The lowest BCUT2D eigenvalue weighted by Gasteiger charge is -2.41. The van der Waals surface area contributed by atoms with Gasteiger partial charge in [-0.3, -0.25) is 9.59 Å². The maximum Gasteiger partial charge on any atom is 0.255 e. The third-order valence-corrected chi connectivity index (χ3v) is 7.77. The molecule has 0 radical (unpaired) electrons. The fourth-order valence-electron chi connectivity index (χ4n) is 4.53. The van der Waals surface area contributed by atoms with Crippen LogP contribution in [0.5, 0.6) is 5.75 Å². The van der Waals surface area contributed by atoms with Gasteiger partial charge in [-0.05, 0) is 79.6 Å². The number of carbonyl (C=O) groups is 2. The van der Waals surface area contributed by atoms with E-state index in [1.807, 2.05) is 55.5 Å². The number of amides is 2. The number of methoxy groups -OCH3 is 1. The summed E-state index contributed by atoms with van der Waals surface area (Å²) in [5, 5.41) is 7.46. The Morgan fingerprint density at radius 1 is 0.947 bits per heavy atom. The number of halogens is 1. The van der Waals surface area contributed by atoms with Crippen LogP contribution in [0.15, 0.2) is 89.1 Å². The Hall–Kier alpha value is -3.75. The van der Waals surface area contributed by atoms with Crippen molar-refractivity contribution in [1.29, 1.82) is 0 Å². The topological polar surface area (TPSA) is 83.0 Å². The maximum absolute atomic E-state index is 13.6. The smallest absolute Gasteiger partial charge is 0.255 e. The first-order valence-corrected chi connectivity index (χ1v) is 13.6. The minimum atomic E-state index is -0.297. The van der Waals surface area contributed by atoms with Crippen LogP contribution in [0.25, 0.3) is 0 Å². The molecule has 2 heterocycles. The summed E-state index contributed by atoms with van der Waals surface area (Å²) in [5.41, 5.74) is 4.11. The van der Waals surface area contributed by atoms with Crippen molar-refractivity contribution < 1.29 is 14.3 Å². The number of rotatable bonds is 6. The van der Waals surface area contributed by atoms with Gasteiger partial charge in [0.25, 0.3) is 11.8 Å². The largest absolute Gasteiger partial charge is 0.497 e. The second-order valence-corrected chi connectivity index (χ2v) is 10.5. The molecule has 1 atom stereocenters. The number of amidine groups is 1. The normalized spacial score (nSPS) is 16.9. The number of aliphatic imine (C=N–C) groups is 1. The van der Waals surface area contributed by atoms with Crippen LogP contribution in [0.4, 0.5) is 11.4 Å². The van der Waals surface area contributed by atoms with Gasteiger partial charge in [0.1, 0.15) is 5.75 Å². The monoisotopic (exact) mass is 546 g/mol. The maximum atomic E-state index is 13.6. The molecule has 38 heavy (non-hydrogen) atoms. The molecule has 3 aromatic carbocycles. The van der Waals surface area contributed by atoms with Crippen LogP contribution in [0.1, 0.15) is 35.3 Å². The highest BCUT2D eigenvalue weighted by Gasteiger charge is 2.37. The van der Waals surface area contributed by atoms with Crippen LogP contribution in [-0.4, -0.2) is 41.3 Å². The number of nitrogens with one attached hydrogen (secondary N) is 2. The van der Waals surface area contributed by atoms with Gasteiger partial charge in [0.05, 0.1) is 24.4 Å². The number of anilines is 2. The zero-order valence-corrected chi connectivity index (χ0v) is 22.6. The van der Waals surface area contributed by atoms with Gasteiger partial charge >= 0.3 is 0 Å². The lowest BCUT2D eigenvalue weighted by Crippen LogP contribution is -2.43. The summed E-state index contributed by atoms with van der Waals surface area (Å²) in [6.45, 7) is 2.69. The summed E-state index contributed by atoms with van der Waals surface area (Å²) in [7, 11) is 1.61. The van der Waals surface area contributed by atoms with E-state index in [9.17, 15) is 9.59 Å². The molecule has 1 fully saturated rings. The van der Waals surface area contributed by atoms with E-state index < -0.39 is 0 Å². The minimum Gasteiger partial charge on any atom is -0.497 e. The summed E-state index contributed by atoms with van der Waals surface area (Å²) < 4.78 is 5.22. The molecular weight excluding hydrogens is 520 g/mol. The highest BCUT2D eigenvalue weighted by atomic mass is 35.5. The van der Waals surface area contributed by atoms with Crippen LogP contribution in [0, 0.1) is 0 Å². The molecule has 7 nitrogen and oxygen atoms in total. The molecule has 0 saturated carbocycles. The van der Waals surface area contributed by atoms with E-state index >= 15 is 0 Å². The average Bonchev–Trinajstić information content (AvgIpc) is 2.93. The first-order chi connectivity index (χ1) is 18.4. The average molecular weight is 547 g/mol. The van der Waals surface area contributed by atoms with Crippen LogP contribution in [0.2, 0.25) is 5.02 Å². The van der Waals surface area contributed by atoms with E-state index in [4.69, 9.17) is 21.3 Å². The minimum absolute atomic E-state index is 0.198. The van der Waals surface area contributed by atoms with E-state index in [0.717, 1.165) is 35.2 Å². The zero-order chi connectivity index (χ0) is 26.6. The van der Waals surface area contributed by atoms with E-state index in [1.165, 1.54) is 0 Å². The lowest BCUT2D eigenvalue weighted by atomic mass is 9.93. The molecular formula is C29H27ClN4O3S. The molecule has 2 amide bonds. The van der Waals surface area contributed by atoms with E-state index in [0.29, 0.717) is 33.2 Å². The molecule has 9 heteroatoms. The predicted octanol–water partition coefficient (Wildman–Crippen LogP) is 6.36. The van der Waals surface area contributed by atoms with Crippen molar-refractivity contribution in [3.05, 3.63) is 100 Å². The number of thioether (sulfide) groups is 1. The molecule has 2 aliphatic heterocycles. The van der Waals surface area contributed by atoms with E-state index in [1.54, 1.807) is 43.1 Å². The van der Waals surface area contributed by atoms with Gasteiger partial charge in [0.15, 0.2) is 5.17 Å². The highest BCUT2D eigenvalue weighted by Crippen LogP contribution is 2.40. The summed E-state index contributed by atoms with van der Waals surface area (Å²) in [6, 6.07) is 21.3. The van der Waals surface area contributed by atoms with Gasteiger partial charge in [-0.1, -0.05) is 35.5 Å². The fraction of sp³-hybridized carbons (Fsp3) is 0.207. The van der Waals surface area contributed by atoms with Crippen molar-refractivity contribution >= 4 is 51.7 Å². The second-order valence-electron chi connectivity index (χ2n) is 8.96. The van der Waals surface area contributed by atoms with E-state index in [2.05, 4.69) is 15.5 Å². The van der Waals surface area contributed by atoms with Crippen LogP contribution < -0.4 is 15.4 Å². The molecule has 3 aromatic rings. The lowest BCUT2D eigenvalue weighted by molar-refractivity contribution is -0.113. The summed E-state index contributed by atoms with van der Waals surface area (Å²) in [5.74, 6) is 1.30. The Kier molecular flexibility index (Phi) is 7.72. The predicted molar refractivity (Wildman–Crippen MR) is 154 cm³/mol. The van der Waals surface area contributed by atoms with Crippen molar-refractivity contribution in [2.24, 2.45) is 4.99 Å². The van der Waals surface area contributed by atoms with Gasteiger partial charge in [-0.25, -0.2) is 4.99 Å². The zero-order valence-electron chi connectivity index (χ0n) is 21.0. The standard InChI is InChI=1S/C29H27ClN4O3S/c1-18-25(28(36)33-23-12-14-24(37-2)15-13-23)26(34-16-3-17-38-29(34)31-18)19-6-10-22(11-7-19)32-27(35)20-4-8-21(30)9-5-20/h4-15,26H,3,16-17H2,1-2H3,(H,32,35)(H,33,36). The van der Waals surface area contributed by atoms with Gasteiger partial charge in [-0.15, -0.1) is 0 Å². The third kappa shape index (κ3) is 5.56. The SMILES string of the molecule is COc1ccc(NC(=O)C2=C(C)N=C3SCCCN3C2c2ccc(NC(=O)c3ccc(Cl)cc3)cc2)cc1. The molecule has 5 rings (SSSR count). The molecule has 1 unspecified atom stereocenters. The Balaban J connectivity index is 1.41. The van der Waals surface area contributed by atoms with Gasteiger partial charge in [0.2, 0.25) is 0 Å². The molecule has 1 saturated heterocycles. The molecule has 0 aliphatic carbocycles. The number of nitrogens with zero attached hydrogens (tertiary/aromatic N) is 2. The van der Waals surface area contributed by atoms with Crippen LogP contribution >= 0.6 is 23.4 Å². The third-order valence-electron chi connectivity index (χ3n) is 6.44. The second kappa shape index (κ2) is 11.3. The molecule has 2 N–H and O–H groups in total. The number of fused-ring (bicyclic) bond motifs is 1. The van der Waals surface area contributed by atoms with E-state index in [-0.39, 0.29) is 17.9 Å². The Labute approximate surface area is 230 Å². The number of carbonyl (C=O) groups excluding carboxylic acids is 2. The quantitative estimate of drug-likeness (QED) is 0.376. The Bertz CT molecular complexity index is 1400. The van der Waals surface area contributed by atoms with Crippen LogP contribution in [-0.2, 0) is 4.79 Å². The highest BCUT2D eigenvalue weighted by molar-refractivity contribution is 8.13. The van der Waals surface area contributed by atoms with Crippen molar-refractivity contribution in [3.63, 3.8) is 0 Å². The number of benzene rings is 3. The first-order valence-electron chi connectivity index (χ1n) is 12.2. The Morgan fingerprint density at radius 3 is 2.24 bits per heavy atom. The number of allylic oxidation sites excluding steroid dienone is 1. The number of ether oxygens (including phenoxy) is 1. The van der Waals surface area contributed by atoms with Crippen molar-refractivity contribution in [2.75, 3.05) is 30.0 Å². The van der Waals surface area contributed by atoms with Crippen molar-refractivity contribution in [3.8, 4) is 5.75 Å². The number of hydrogen-bond donors (Lipinski definition) is 2. The molecule has 2 aliphatic rings. The van der Waals surface area contributed by atoms with Crippen molar-refractivity contribution in [1.82, 2.24) is 4.90 Å². The first kappa shape index (κ1) is 25.9. The molecule has 0 bridgehead atoms. The van der Waals surface area contributed by atoms with Crippen molar-refractivity contribution in [2.45, 2.75) is 19.4 Å².